The number of rotatable bonds is 7. The van der Waals surface area contributed by atoms with Crippen LogP contribution in [0.2, 0.25) is 5.02 Å². The molecule has 4 rings (SSSR count). The maximum Gasteiger partial charge on any atom is 0.292 e. The fourth-order valence-electron chi connectivity index (χ4n) is 4.00. The predicted molar refractivity (Wildman–Crippen MR) is 134 cm³/mol. The Balaban J connectivity index is 1.40. The van der Waals surface area contributed by atoms with E-state index in [1.54, 1.807) is 6.20 Å². The van der Waals surface area contributed by atoms with Gasteiger partial charge in [-0.05, 0) is 38.1 Å². The van der Waals surface area contributed by atoms with Gasteiger partial charge in [0, 0.05) is 26.2 Å². The maximum atomic E-state index is 12.9. The molecule has 1 N–H and O–H groups in total. The van der Waals surface area contributed by atoms with Crippen molar-refractivity contribution in [2.75, 3.05) is 43.0 Å². The standard InChI is InChI=1S/C25H28ClN5O3/c1-3-34-22-12-8-7-11-20(22)28-24(32)18(2)29-13-15-30(16-14-29)21-17-27-31(25(33)23(21)26)19-9-5-4-6-10-19/h4-12,17-18H,3,13-16H2,1-2H3,(H,28,32). The molecule has 2 aromatic carbocycles. The number of hydrogen-bond donors (Lipinski definition) is 1. The van der Waals surface area contributed by atoms with Gasteiger partial charge in [0.1, 0.15) is 10.8 Å². The van der Waals surface area contributed by atoms with Crippen LogP contribution in [0.5, 0.6) is 5.75 Å². The van der Waals surface area contributed by atoms with Gasteiger partial charge in [-0.3, -0.25) is 14.5 Å². The zero-order chi connectivity index (χ0) is 24.1. The largest absolute Gasteiger partial charge is 0.492 e. The molecule has 1 fully saturated rings. The highest BCUT2D eigenvalue weighted by molar-refractivity contribution is 6.33. The van der Waals surface area contributed by atoms with Crippen LogP contribution < -0.4 is 20.5 Å². The van der Waals surface area contributed by atoms with Crippen molar-refractivity contribution < 1.29 is 9.53 Å². The van der Waals surface area contributed by atoms with Crippen LogP contribution in [0.4, 0.5) is 11.4 Å². The summed E-state index contributed by atoms with van der Waals surface area (Å²) < 4.78 is 6.90. The smallest absolute Gasteiger partial charge is 0.292 e. The molecule has 0 spiro atoms. The van der Waals surface area contributed by atoms with Crippen LogP contribution in [-0.4, -0.2) is 59.4 Å². The highest BCUT2D eigenvalue weighted by atomic mass is 35.5. The molecular formula is C25H28ClN5O3. The summed E-state index contributed by atoms with van der Waals surface area (Å²) in [7, 11) is 0. The molecule has 1 aliphatic heterocycles. The molecule has 0 aliphatic carbocycles. The number of anilines is 2. The second kappa shape index (κ2) is 10.7. The quantitative estimate of drug-likeness (QED) is 0.557. The number of halogens is 1. The van der Waals surface area contributed by atoms with Crippen molar-refractivity contribution >= 4 is 28.9 Å². The van der Waals surface area contributed by atoms with Gasteiger partial charge in [0.2, 0.25) is 5.91 Å². The number of carbonyl (C=O) groups is 1. The Labute approximate surface area is 203 Å². The van der Waals surface area contributed by atoms with E-state index in [1.807, 2.05) is 73.3 Å². The molecule has 8 nitrogen and oxygen atoms in total. The normalized spacial score (nSPS) is 15.1. The van der Waals surface area contributed by atoms with Crippen molar-refractivity contribution in [3.63, 3.8) is 0 Å². The molecule has 3 aromatic rings. The van der Waals surface area contributed by atoms with Gasteiger partial charge in [0.05, 0.1) is 35.9 Å². The number of nitrogens with zero attached hydrogens (tertiary/aromatic N) is 4. The average Bonchev–Trinajstić information content (AvgIpc) is 2.87. The Hall–Kier alpha value is -3.36. The first-order valence-corrected chi connectivity index (χ1v) is 11.7. The van der Waals surface area contributed by atoms with Gasteiger partial charge in [-0.2, -0.15) is 9.78 Å². The first kappa shape index (κ1) is 23.8. The molecular weight excluding hydrogens is 454 g/mol. The third kappa shape index (κ3) is 5.08. The number of carbonyl (C=O) groups excluding carboxylic acids is 1. The second-order valence-electron chi connectivity index (χ2n) is 8.01. The molecule has 0 radical (unpaired) electrons. The molecule has 1 unspecified atom stereocenters. The molecule has 9 heteroatoms. The van der Waals surface area contributed by atoms with Crippen molar-refractivity contribution in [1.82, 2.24) is 14.7 Å². The highest BCUT2D eigenvalue weighted by Gasteiger charge is 2.27. The summed E-state index contributed by atoms with van der Waals surface area (Å²) >= 11 is 6.46. The zero-order valence-corrected chi connectivity index (χ0v) is 20.0. The van der Waals surface area contributed by atoms with Crippen LogP contribution in [0.3, 0.4) is 0 Å². The number of benzene rings is 2. The van der Waals surface area contributed by atoms with Gasteiger partial charge >= 0.3 is 0 Å². The summed E-state index contributed by atoms with van der Waals surface area (Å²) in [5, 5.41) is 7.45. The Morgan fingerprint density at radius 3 is 2.47 bits per heavy atom. The van der Waals surface area contributed by atoms with E-state index in [9.17, 15) is 9.59 Å². The van der Waals surface area contributed by atoms with E-state index in [0.717, 1.165) is 0 Å². The van der Waals surface area contributed by atoms with Crippen LogP contribution >= 0.6 is 11.6 Å². The van der Waals surface area contributed by atoms with Gasteiger partial charge in [-0.1, -0.05) is 41.9 Å². The SMILES string of the molecule is CCOc1ccccc1NC(=O)C(C)N1CCN(c2cnn(-c3ccccc3)c(=O)c2Cl)CC1. The summed E-state index contributed by atoms with van der Waals surface area (Å²) in [5.41, 5.74) is 1.59. The lowest BCUT2D eigenvalue weighted by molar-refractivity contribution is -0.120. The lowest BCUT2D eigenvalue weighted by Crippen LogP contribution is -2.53. The summed E-state index contributed by atoms with van der Waals surface area (Å²) in [6.07, 6.45) is 1.63. The third-order valence-electron chi connectivity index (χ3n) is 5.93. The van der Waals surface area contributed by atoms with Crippen molar-refractivity contribution in [1.29, 1.82) is 0 Å². The molecule has 0 saturated carbocycles. The first-order chi connectivity index (χ1) is 16.5. The lowest BCUT2D eigenvalue weighted by atomic mass is 10.2. The summed E-state index contributed by atoms with van der Waals surface area (Å²) in [5.74, 6) is 0.563. The van der Waals surface area contributed by atoms with Gasteiger partial charge in [0.25, 0.3) is 5.56 Å². The van der Waals surface area contributed by atoms with Crippen LogP contribution in [-0.2, 0) is 4.79 Å². The van der Waals surface area contributed by atoms with E-state index < -0.39 is 0 Å². The van der Waals surface area contributed by atoms with Gasteiger partial charge in [-0.25, -0.2) is 0 Å². The van der Waals surface area contributed by atoms with Gasteiger partial charge in [0.15, 0.2) is 0 Å². The number of piperazine rings is 1. The molecule has 178 valence electrons. The van der Waals surface area contributed by atoms with E-state index in [0.29, 0.717) is 55.6 Å². The number of amides is 1. The zero-order valence-electron chi connectivity index (χ0n) is 19.3. The molecule has 2 heterocycles. The molecule has 0 bridgehead atoms. The monoisotopic (exact) mass is 481 g/mol. The fourth-order valence-corrected chi connectivity index (χ4v) is 4.25. The lowest BCUT2D eigenvalue weighted by Gasteiger charge is -2.38. The summed E-state index contributed by atoms with van der Waals surface area (Å²) in [6.45, 7) is 6.89. The fraction of sp³-hybridized carbons (Fsp3) is 0.320. The van der Waals surface area contributed by atoms with E-state index >= 15 is 0 Å². The van der Waals surface area contributed by atoms with Crippen LogP contribution in [0.15, 0.2) is 65.6 Å². The highest BCUT2D eigenvalue weighted by Crippen LogP contribution is 2.25. The second-order valence-corrected chi connectivity index (χ2v) is 8.39. The molecule has 34 heavy (non-hydrogen) atoms. The van der Waals surface area contributed by atoms with Crippen LogP contribution in [0.1, 0.15) is 13.8 Å². The van der Waals surface area contributed by atoms with Crippen molar-refractivity contribution in [2.45, 2.75) is 19.9 Å². The van der Waals surface area contributed by atoms with Crippen molar-refractivity contribution in [3.8, 4) is 11.4 Å². The Bertz CT molecular complexity index is 1190. The first-order valence-electron chi connectivity index (χ1n) is 11.3. The Morgan fingerprint density at radius 1 is 1.09 bits per heavy atom. The summed E-state index contributed by atoms with van der Waals surface area (Å²) in [4.78, 5) is 29.9. The van der Waals surface area contributed by atoms with Crippen LogP contribution in [0, 0.1) is 0 Å². The number of para-hydroxylation sites is 3. The van der Waals surface area contributed by atoms with Gasteiger partial charge in [-0.15, -0.1) is 0 Å². The molecule has 1 amide bonds. The molecule has 1 aliphatic rings. The van der Waals surface area contributed by atoms with E-state index in [4.69, 9.17) is 16.3 Å². The number of aromatic nitrogens is 2. The third-order valence-corrected chi connectivity index (χ3v) is 6.28. The van der Waals surface area contributed by atoms with E-state index in [1.165, 1.54) is 4.68 Å². The van der Waals surface area contributed by atoms with Crippen molar-refractivity contribution in [2.24, 2.45) is 0 Å². The number of hydrogen-bond acceptors (Lipinski definition) is 6. The van der Waals surface area contributed by atoms with Crippen LogP contribution in [0.25, 0.3) is 5.69 Å². The summed E-state index contributed by atoms with van der Waals surface area (Å²) in [6, 6.07) is 16.3. The molecule has 1 saturated heterocycles. The van der Waals surface area contributed by atoms with E-state index in [2.05, 4.69) is 15.3 Å². The number of ether oxygens (including phenoxy) is 1. The Morgan fingerprint density at radius 2 is 1.76 bits per heavy atom. The predicted octanol–water partition coefficient (Wildman–Crippen LogP) is 3.43. The maximum absolute atomic E-state index is 12.9. The minimum atomic E-state index is -0.353. The average molecular weight is 482 g/mol. The molecule has 1 atom stereocenters. The topological polar surface area (TPSA) is 79.7 Å². The van der Waals surface area contributed by atoms with E-state index in [-0.39, 0.29) is 22.5 Å². The minimum absolute atomic E-state index is 0.0919. The van der Waals surface area contributed by atoms with Crippen molar-refractivity contribution in [3.05, 3.63) is 76.2 Å². The number of nitrogens with one attached hydrogen (secondary N) is 1. The van der Waals surface area contributed by atoms with Gasteiger partial charge < -0.3 is 15.0 Å². The Kier molecular flexibility index (Phi) is 7.49. The minimum Gasteiger partial charge on any atom is -0.492 e. The molecule has 1 aromatic heterocycles.